The Morgan fingerprint density at radius 3 is 2.27 bits per heavy atom. The standard InChI is InChI=1S/C22H26N2O2/c1-5-19-15-22(26,18-9-7-6-8-10-18)24(23-19)20(25)16-11-13-17(14-12-16)21(2,3)4/h6-14,26H,5,15H2,1-4H3/t22-/m0/s1. The molecule has 4 nitrogen and oxygen atoms in total. The molecule has 0 fully saturated rings. The quantitative estimate of drug-likeness (QED) is 0.889. The summed E-state index contributed by atoms with van der Waals surface area (Å²) in [7, 11) is 0. The van der Waals surface area contributed by atoms with E-state index in [1.807, 2.05) is 61.5 Å². The Morgan fingerprint density at radius 1 is 1.12 bits per heavy atom. The zero-order chi connectivity index (χ0) is 18.9. The van der Waals surface area contributed by atoms with Crippen molar-refractivity contribution in [2.45, 2.75) is 51.7 Å². The van der Waals surface area contributed by atoms with Crippen LogP contribution in [0.3, 0.4) is 0 Å². The van der Waals surface area contributed by atoms with Gasteiger partial charge in [0.05, 0.1) is 0 Å². The van der Waals surface area contributed by atoms with Gasteiger partial charge in [-0.15, -0.1) is 0 Å². The number of rotatable bonds is 3. The monoisotopic (exact) mass is 350 g/mol. The molecule has 1 amide bonds. The largest absolute Gasteiger partial charge is 0.365 e. The molecule has 0 aromatic heterocycles. The fourth-order valence-electron chi connectivity index (χ4n) is 3.19. The zero-order valence-corrected chi connectivity index (χ0v) is 15.9. The number of hydrogen-bond acceptors (Lipinski definition) is 3. The average Bonchev–Trinajstić information content (AvgIpc) is 2.99. The summed E-state index contributed by atoms with van der Waals surface area (Å²) in [4.78, 5) is 13.1. The van der Waals surface area contributed by atoms with E-state index in [2.05, 4.69) is 25.9 Å². The van der Waals surface area contributed by atoms with E-state index in [-0.39, 0.29) is 11.3 Å². The Kier molecular flexibility index (Phi) is 4.72. The number of amides is 1. The van der Waals surface area contributed by atoms with Crippen LogP contribution in [-0.4, -0.2) is 21.7 Å². The summed E-state index contributed by atoms with van der Waals surface area (Å²) in [5, 5.41) is 17.0. The van der Waals surface area contributed by atoms with Gasteiger partial charge in [-0.05, 0) is 29.5 Å². The SMILES string of the molecule is CCC1=NN(C(=O)c2ccc(C(C)(C)C)cc2)[C@@](O)(c2ccccc2)C1. The second-order valence-electron chi connectivity index (χ2n) is 7.82. The van der Waals surface area contributed by atoms with Gasteiger partial charge in [0, 0.05) is 23.3 Å². The highest BCUT2D eigenvalue weighted by Crippen LogP contribution is 2.37. The molecule has 0 aliphatic carbocycles. The van der Waals surface area contributed by atoms with Crippen LogP contribution in [0.1, 0.15) is 62.0 Å². The van der Waals surface area contributed by atoms with Crippen molar-refractivity contribution in [3.05, 3.63) is 71.3 Å². The normalized spacial score (nSPS) is 20.2. The Balaban J connectivity index is 1.96. The lowest BCUT2D eigenvalue weighted by Gasteiger charge is -2.31. The van der Waals surface area contributed by atoms with Crippen molar-refractivity contribution in [2.75, 3.05) is 0 Å². The first-order valence-electron chi connectivity index (χ1n) is 9.05. The number of carbonyl (C=O) groups is 1. The van der Waals surface area contributed by atoms with Crippen molar-refractivity contribution >= 4 is 11.6 Å². The summed E-state index contributed by atoms with van der Waals surface area (Å²) in [5.74, 6) is -0.291. The van der Waals surface area contributed by atoms with Gasteiger partial charge < -0.3 is 5.11 Å². The minimum absolute atomic E-state index is 0.0214. The molecule has 1 heterocycles. The topological polar surface area (TPSA) is 52.9 Å². The molecule has 1 N–H and O–H groups in total. The van der Waals surface area contributed by atoms with Crippen LogP contribution in [0.4, 0.5) is 0 Å². The van der Waals surface area contributed by atoms with Crippen LogP contribution in [-0.2, 0) is 11.1 Å². The van der Waals surface area contributed by atoms with E-state index in [1.165, 1.54) is 5.01 Å². The Bertz CT molecular complexity index is 819. The van der Waals surface area contributed by atoms with Crippen LogP contribution in [0.25, 0.3) is 0 Å². The van der Waals surface area contributed by atoms with Gasteiger partial charge in [-0.3, -0.25) is 4.79 Å². The summed E-state index contributed by atoms with van der Waals surface area (Å²) < 4.78 is 0. The number of hydrazone groups is 1. The van der Waals surface area contributed by atoms with Gasteiger partial charge in [0.1, 0.15) is 0 Å². The first kappa shape index (κ1) is 18.3. The first-order chi connectivity index (χ1) is 12.3. The highest BCUT2D eigenvalue weighted by Gasteiger charge is 2.45. The molecule has 3 rings (SSSR count). The lowest BCUT2D eigenvalue weighted by atomic mass is 9.86. The molecule has 2 aromatic carbocycles. The third-order valence-corrected chi connectivity index (χ3v) is 4.88. The molecule has 0 radical (unpaired) electrons. The molecule has 2 aromatic rings. The molecule has 136 valence electrons. The van der Waals surface area contributed by atoms with Gasteiger partial charge in [0.25, 0.3) is 5.91 Å². The van der Waals surface area contributed by atoms with Gasteiger partial charge in [0.2, 0.25) is 0 Å². The van der Waals surface area contributed by atoms with Gasteiger partial charge >= 0.3 is 0 Å². The number of nitrogens with zero attached hydrogens (tertiary/aromatic N) is 2. The molecule has 0 bridgehead atoms. The van der Waals surface area contributed by atoms with E-state index < -0.39 is 5.72 Å². The zero-order valence-electron chi connectivity index (χ0n) is 15.9. The predicted molar refractivity (Wildman–Crippen MR) is 104 cm³/mol. The number of aliphatic hydroxyl groups is 1. The minimum atomic E-state index is -1.44. The molecule has 1 aliphatic rings. The van der Waals surface area contributed by atoms with Crippen molar-refractivity contribution in [2.24, 2.45) is 5.10 Å². The predicted octanol–water partition coefficient (Wildman–Crippen LogP) is 4.44. The summed E-state index contributed by atoms with van der Waals surface area (Å²) in [5.41, 5.74) is 1.75. The van der Waals surface area contributed by atoms with Gasteiger partial charge in [0.15, 0.2) is 5.72 Å². The second kappa shape index (κ2) is 6.69. The highest BCUT2D eigenvalue weighted by atomic mass is 16.3. The molecule has 1 aliphatic heterocycles. The van der Waals surface area contributed by atoms with Crippen molar-refractivity contribution in [3.8, 4) is 0 Å². The maximum absolute atomic E-state index is 13.1. The molecular formula is C22H26N2O2. The minimum Gasteiger partial charge on any atom is -0.365 e. The summed E-state index contributed by atoms with van der Waals surface area (Å²) in [6, 6.07) is 16.8. The molecule has 4 heteroatoms. The molecule has 0 unspecified atom stereocenters. The van der Waals surface area contributed by atoms with E-state index in [9.17, 15) is 9.90 Å². The number of carbonyl (C=O) groups excluding carboxylic acids is 1. The van der Waals surface area contributed by atoms with E-state index in [4.69, 9.17) is 0 Å². The maximum atomic E-state index is 13.1. The Hall–Kier alpha value is -2.46. The third-order valence-electron chi connectivity index (χ3n) is 4.88. The van der Waals surface area contributed by atoms with Crippen LogP contribution in [0, 0.1) is 0 Å². The van der Waals surface area contributed by atoms with E-state index in [1.54, 1.807) is 0 Å². The summed E-state index contributed by atoms with van der Waals surface area (Å²) in [6.07, 6.45) is 1.03. The maximum Gasteiger partial charge on any atom is 0.276 e. The molecule has 0 saturated carbocycles. The molecule has 0 saturated heterocycles. The van der Waals surface area contributed by atoms with Crippen molar-refractivity contribution in [1.29, 1.82) is 0 Å². The molecule has 1 atom stereocenters. The van der Waals surface area contributed by atoms with Crippen LogP contribution in [0.15, 0.2) is 59.7 Å². The van der Waals surface area contributed by atoms with Crippen LogP contribution >= 0.6 is 0 Å². The van der Waals surface area contributed by atoms with Gasteiger partial charge in [-0.25, -0.2) is 0 Å². The van der Waals surface area contributed by atoms with Crippen molar-refractivity contribution in [1.82, 2.24) is 5.01 Å². The lowest BCUT2D eigenvalue weighted by Crippen LogP contribution is -2.43. The van der Waals surface area contributed by atoms with E-state index >= 15 is 0 Å². The van der Waals surface area contributed by atoms with E-state index in [0.717, 1.165) is 11.3 Å². The summed E-state index contributed by atoms with van der Waals surface area (Å²) >= 11 is 0. The number of benzene rings is 2. The van der Waals surface area contributed by atoms with Crippen LogP contribution in [0.2, 0.25) is 0 Å². The third kappa shape index (κ3) is 3.29. The van der Waals surface area contributed by atoms with Crippen molar-refractivity contribution < 1.29 is 9.90 Å². The molecule has 0 spiro atoms. The fraction of sp³-hybridized carbons (Fsp3) is 0.364. The highest BCUT2D eigenvalue weighted by molar-refractivity contribution is 5.98. The summed E-state index contributed by atoms with van der Waals surface area (Å²) in [6.45, 7) is 8.39. The first-order valence-corrected chi connectivity index (χ1v) is 9.05. The Morgan fingerprint density at radius 2 is 1.73 bits per heavy atom. The van der Waals surface area contributed by atoms with E-state index in [0.29, 0.717) is 24.0 Å². The fourth-order valence-corrected chi connectivity index (χ4v) is 3.19. The molecular weight excluding hydrogens is 324 g/mol. The van der Waals surface area contributed by atoms with Crippen LogP contribution < -0.4 is 0 Å². The van der Waals surface area contributed by atoms with Crippen LogP contribution in [0.5, 0.6) is 0 Å². The molecule has 26 heavy (non-hydrogen) atoms. The van der Waals surface area contributed by atoms with Gasteiger partial charge in [-0.2, -0.15) is 10.1 Å². The second-order valence-corrected chi connectivity index (χ2v) is 7.82. The van der Waals surface area contributed by atoms with Crippen molar-refractivity contribution in [3.63, 3.8) is 0 Å². The average molecular weight is 350 g/mol. The number of hydrogen-bond donors (Lipinski definition) is 1. The smallest absolute Gasteiger partial charge is 0.276 e. The Labute approximate surface area is 155 Å². The lowest BCUT2D eigenvalue weighted by molar-refractivity contribution is -0.0765. The van der Waals surface area contributed by atoms with Gasteiger partial charge in [-0.1, -0.05) is 70.2 Å².